The maximum absolute atomic E-state index is 12.6. The first-order chi connectivity index (χ1) is 13.2. The van der Waals surface area contributed by atoms with Crippen LogP contribution < -0.4 is 15.4 Å². The first-order valence-electron chi connectivity index (χ1n) is 10.1. The van der Waals surface area contributed by atoms with Crippen LogP contribution in [-0.4, -0.2) is 49.0 Å². The molecule has 1 saturated carbocycles. The highest BCUT2D eigenvalue weighted by atomic mass is 16.5. The summed E-state index contributed by atoms with van der Waals surface area (Å²) >= 11 is 0. The minimum Gasteiger partial charge on any atom is -0.496 e. The van der Waals surface area contributed by atoms with E-state index in [4.69, 9.17) is 4.74 Å². The third-order valence-electron chi connectivity index (χ3n) is 5.61. The summed E-state index contributed by atoms with van der Waals surface area (Å²) in [5.41, 5.74) is 1.03. The number of nitrogens with zero attached hydrogens (tertiary/aromatic N) is 1. The van der Waals surface area contributed by atoms with Gasteiger partial charge in [-0.15, -0.1) is 0 Å². The molecule has 0 unspecified atom stereocenters. The van der Waals surface area contributed by atoms with Crippen molar-refractivity contribution in [3.8, 4) is 5.75 Å². The molecule has 3 rings (SSSR count). The van der Waals surface area contributed by atoms with E-state index in [1.165, 1.54) is 25.7 Å². The largest absolute Gasteiger partial charge is 0.496 e. The van der Waals surface area contributed by atoms with Crippen molar-refractivity contribution in [2.24, 2.45) is 0 Å². The van der Waals surface area contributed by atoms with Gasteiger partial charge < -0.3 is 15.4 Å². The van der Waals surface area contributed by atoms with E-state index in [1.54, 1.807) is 7.11 Å². The van der Waals surface area contributed by atoms with Crippen molar-refractivity contribution >= 4 is 11.8 Å². The van der Waals surface area contributed by atoms with Gasteiger partial charge in [0.05, 0.1) is 19.6 Å². The van der Waals surface area contributed by atoms with Gasteiger partial charge in [0, 0.05) is 31.2 Å². The van der Waals surface area contributed by atoms with Crippen molar-refractivity contribution in [1.82, 2.24) is 15.5 Å². The number of para-hydroxylation sites is 1. The summed E-state index contributed by atoms with van der Waals surface area (Å²) in [5, 5.41) is 6.07. The molecule has 1 saturated heterocycles. The Kier molecular flexibility index (Phi) is 7.10. The molecule has 1 heterocycles. The lowest BCUT2D eigenvalue weighted by atomic mass is 10.0. The first-order valence-corrected chi connectivity index (χ1v) is 10.1. The van der Waals surface area contributed by atoms with Crippen molar-refractivity contribution in [2.45, 2.75) is 63.6 Å². The average molecular weight is 373 g/mol. The number of hydrogen-bond donors (Lipinski definition) is 2. The lowest BCUT2D eigenvalue weighted by Crippen LogP contribution is -2.56. The van der Waals surface area contributed by atoms with Crippen LogP contribution in [0.25, 0.3) is 0 Å². The predicted molar refractivity (Wildman–Crippen MR) is 104 cm³/mol. The molecule has 0 bridgehead atoms. The van der Waals surface area contributed by atoms with Gasteiger partial charge >= 0.3 is 0 Å². The van der Waals surface area contributed by atoms with Gasteiger partial charge in [-0.25, -0.2) is 0 Å². The molecule has 1 aliphatic heterocycles. The summed E-state index contributed by atoms with van der Waals surface area (Å²) in [7, 11) is 1.65. The molecule has 27 heavy (non-hydrogen) atoms. The van der Waals surface area contributed by atoms with Crippen molar-refractivity contribution in [1.29, 1.82) is 0 Å². The van der Waals surface area contributed by atoms with Crippen molar-refractivity contribution in [3.63, 3.8) is 0 Å². The van der Waals surface area contributed by atoms with E-state index >= 15 is 0 Å². The van der Waals surface area contributed by atoms with Crippen LogP contribution in [0.3, 0.4) is 0 Å². The van der Waals surface area contributed by atoms with Crippen LogP contribution in [0.2, 0.25) is 0 Å². The summed E-state index contributed by atoms with van der Waals surface area (Å²) in [6, 6.07) is 7.66. The standard InChI is InChI=1S/C21H31N3O3/c1-27-19-11-7-6-8-16(19)15-24-13-12-22-21(26)18(24)14-20(25)23-17-9-4-2-3-5-10-17/h6-8,11,17-18H,2-5,9-10,12-15H2,1H3,(H,22,26)(H,23,25)/t18-/m1/s1. The van der Waals surface area contributed by atoms with Crippen LogP contribution in [0.5, 0.6) is 5.75 Å². The van der Waals surface area contributed by atoms with Gasteiger partial charge in [-0.1, -0.05) is 43.9 Å². The van der Waals surface area contributed by atoms with E-state index in [0.717, 1.165) is 30.7 Å². The molecule has 1 aromatic rings. The number of piperazine rings is 1. The summed E-state index contributed by atoms with van der Waals surface area (Å²) < 4.78 is 5.44. The normalized spacial score (nSPS) is 22.0. The molecule has 1 aliphatic carbocycles. The smallest absolute Gasteiger partial charge is 0.237 e. The minimum atomic E-state index is -0.436. The van der Waals surface area contributed by atoms with E-state index in [0.29, 0.717) is 13.1 Å². The fourth-order valence-electron chi connectivity index (χ4n) is 4.11. The zero-order valence-corrected chi connectivity index (χ0v) is 16.2. The molecule has 1 aromatic carbocycles. The van der Waals surface area contributed by atoms with Crippen molar-refractivity contribution in [3.05, 3.63) is 29.8 Å². The van der Waals surface area contributed by atoms with Crippen LogP contribution in [0.1, 0.15) is 50.5 Å². The number of rotatable bonds is 6. The zero-order valence-electron chi connectivity index (χ0n) is 16.2. The Labute approximate surface area is 161 Å². The van der Waals surface area contributed by atoms with Crippen LogP contribution >= 0.6 is 0 Å². The second-order valence-electron chi connectivity index (χ2n) is 7.55. The summed E-state index contributed by atoms with van der Waals surface area (Å²) in [5.74, 6) is 0.728. The monoisotopic (exact) mass is 373 g/mol. The van der Waals surface area contributed by atoms with Crippen molar-refractivity contribution < 1.29 is 14.3 Å². The van der Waals surface area contributed by atoms with E-state index in [-0.39, 0.29) is 24.3 Å². The second kappa shape index (κ2) is 9.74. The van der Waals surface area contributed by atoms with Gasteiger partial charge in [-0.2, -0.15) is 0 Å². The molecule has 1 atom stereocenters. The quantitative estimate of drug-likeness (QED) is 0.750. The summed E-state index contributed by atoms with van der Waals surface area (Å²) in [6.45, 7) is 1.93. The number of nitrogens with one attached hydrogen (secondary N) is 2. The van der Waals surface area contributed by atoms with Gasteiger partial charge in [0.2, 0.25) is 11.8 Å². The number of amides is 2. The SMILES string of the molecule is COc1ccccc1CN1CCNC(=O)[C@H]1CC(=O)NC1CCCCCC1. The fraction of sp³-hybridized carbons (Fsp3) is 0.619. The van der Waals surface area contributed by atoms with Gasteiger partial charge in [-0.3, -0.25) is 14.5 Å². The third kappa shape index (κ3) is 5.45. The highest BCUT2D eigenvalue weighted by Gasteiger charge is 2.32. The van der Waals surface area contributed by atoms with E-state index in [1.807, 2.05) is 24.3 Å². The Bertz CT molecular complexity index is 641. The molecule has 148 valence electrons. The topological polar surface area (TPSA) is 70.7 Å². The molecule has 6 nitrogen and oxygen atoms in total. The molecule has 0 spiro atoms. The van der Waals surface area contributed by atoms with Gasteiger partial charge in [0.25, 0.3) is 0 Å². The molecule has 2 fully saturated rings. The number of benzene rings is 1. The van der Waals surface area contributed by atoms with Crippen LogP contribution in [-0.2, 0) is 16.1 Å². The number of hydrogen-bond acceptors (Lipinski definition) is 4. The van der Waals surface area contributed by atoms with E-state index in [2.05, 4.69) is 15.5 Å². The number of methoxy groups -OCH3 is 1. The van der Waals surface area contributed by atoms with Crippen LogP contribution in [0, 0.1) is 0 Å². The summed E-state index contributed by atoms with van der Waals surface area (Å²) in [4.78, 5) is 27.2. The summed E-state index contributed by atoms with van der Waals surface area (Å²) in [6.07, 6.45) is 7.16. The molecule has 2 amide bonds. The molecule has 2 N–H and O–H groups in total. The molecule has 0 radical (unpaired) electrons. The molecule has 0 aromatic heterocycles. The Morgan fingerprint density at radius 2 is 1.96 bits per heavy atom. The Morgan fingerprint density at radius 1 is 1.22 bits per heavy atom. The zero-order chi connectivity index (χ0) is 19.1. The Morgan fingerprint density at radius 3 is 2.70 bits per heavy atom. The lowest BCUT2D eigenvalue weighted by Gasteiger charge is -2.35. The molecular formula is C21H31N3O3. The molecule has 2 aliphatic rings. The highest BCUT2D eigenvalue weighted by Crippen LogP contribution is 2.22. The van der Waals surface area contributed by atoms with Gasteiger partial charge in [0.1, 0.15) is 5.75 Å². The molecular weight excluding hydrogens is 342 g/mol. The second-order valence-corrected chi connectivity index (χ2v) is 7.55. The van der Waals surface area contributed by atoms with E-state index < -0.39 is 6.04 Å². The number of carbonyl (C=O) groups is 2. The Hall–Kier alpha value is -2.08. The fourth-order valence-corrected chi connectivity index (χ4v) is 4.11. The lowest BCUT2D eigenvalue weighted by molar-refractivity contribution is -0.134. The predicted octanol–water partition coefficient (Wildman–Crippen LogP) is 2.22. The Balaban J connectivity index is 1.63. The van der Waals surface area contributed by atoms with Gasteiger partial charge in [0.15, 0.2) is 0 Å². The minimum absolute atomic E-state index is 0.0195. The van der Waals surface area contributed by atoms with Crippen molar-refractivity contribution in [2.75, 3.05) is 20.2 Å². The first kappa shape index (κ1) is 19.7. The van der Waals surface area contributed by atoms with E-state index in [9.17, 15) is 9.59 Å². The van der Waals surface area contributed by atoms with Crippen LogP contribution in [0.4, 0.5) is 0 Å². The maximum Gasteiger partial charge on any atom is 0.237 e. The van der Waals surface area contributed by atoms with Gasteiger partial charge in [-0.05, 0) is 18.9 Å². The maximum atomic E-state index is 12.6. The van der Waals surface area contributed by atoms with Crippen LogP contribution in [0.15, 0.2) is 24.3 Å². The highest BCUT2D eigenvalue weighted by molar-refractivity contribution is 5.88. The number of ether oxygens (including phenoxy) is 1. The average Bonchev–Trinajstić information content (AvgIpc) is 2.93. The molecule has 6 heteroatoms. The number of carbonyl (C=O) groups excluding carboxylic acids is 2. The third-order valence-corrected chi connectivity index (χ3v) is 5.61.